The quantitative estimate of drug-likeness (QED) is 0.810. The summed E-state index contributed by atoms with van der Waals surface area (Å²) in [5.41, 5.74) is 0.135. The second-order valence-corrected chi connectivity index (χ2v) is 5.63. The van der Waals surface area contributed by atoms with E-state index in [1.807, 2.05) is 20.8 Å². The van der Waals surface area contributed by atoms with E-state index >= 15 is 0 Å². The highest BCUT2D eigenvalue weighted by Crippen LogP contribution is 2.18. The van der Waals surface area contributed by atoms with E-state index in [9.17, 15) is 9.18 Å². The third-order valence-corrected chi connectivity index (χ3v) is 2.27. The highest BCUT2D eigenvalue weighted by atomic mass is 32.1. The molecule has 0 heterocycles. The standard InChI is InChI=1S/C13H17FN2OS/c1-13(2,3)8-11(17)16-12(18)15-10-7-5-4-6-9(10)14/h4-7H,8H2,1-3H3,(H2,15,16,17,18). The number of rotatable bonds is 2. The van der Waals surface area contributed by atoms with E-state index in [2.05, 4.69) is 10.6 Å². The van der Waals surface area contributed by atoms with Gasteiger partial charge >= 0.3 is 0 Å². The molecular weight excluding hydrogens is 251 g/mol. The van der Waals surface area contributed by atoms with Crippen molar-refractivity contribution in [3.8, 4) is 0 Å². The van der Waals surface area contributed by atoms with Gasteiger partial charge in [-0.2, -0.15) is 0 Å². The number of carbonyl (C=O) groups excluding carboxylic acids is 1. The van der Waals surface area contributed by atoms with Crippen LogP contribution < -0.4 is 10.6 Å². The molecule has 0 aliphatic carbocycles. The first-order valence-electron chi connectivity index (χ1n) is 5.63. The fourth-order valence-electron chi connectivity index (χ4n) is 1.37. The van der Waals surface area contributed by atoms with E-state index in [-0.39, 0.29) is 22.1 Å². The van der Waals surface area contributed by atoms with Crippen molar-refractivity contribution in [2.45, 2.75) is 27.2 Å². The van der Waals surface area contributed by atoms with Crippen molar-refractivity contribution in [3.05, 3.63) is 30.1 Å². The molecule has 0 spiro atoms. The van der Waals surface area contributed by atoms with Crippen molar-refractivity contribution in [1.82, 2.24) is 5.32 Å². The lowest BCUT2D eigenvalue weighted by Crippen LogP contribution is -2.36. The molecule has 18 heavy (non-hydrogen) atoms. The number of benzene rings is 1. The van der Waals surface area contributed by atoms with Gasteiger partial charge in [-0.15, -0.1) is 0 Å². The molecule has 0 fully saturated rings. The number of hydrogen-bond donors (Lipinski definition) is 2. The molecule has 1 rings (SSSR count). The first-order chi connectivity index (χ1) is 8.28. The summed E-state index contributed by atoms with van der Waals surface area (Å²) in [7, 11) is 0. The van der Waals surface area contributed by atoms with E-state index in [4.69, 9.17) is 12.2 Å². The molecule has 1 aromatic rings. The molecule has 0 aromatic heterocycles. The fraction of sp³-hybridized carbons (Fsp3) is 0.385. The second-order valence-electron chi connectivity index (χ2n) is 5.22. The van der Waals surface area contributed by atoms with Crippen LogP contribution in [0.25, 0.3) is 0 Å². The van der Waals surface area contributed by atoms with Crippen LogP contribution in [0.3, 0.4) is 0 Å². The highest BCUT2D eigenvalue weighted by Gasteiger charge is 2.16. The third-order valence-electron chi connectivity index (χ3n) is 2.07. The SMILES string of the molecule is CC(C)(C)CC(=O)NC(=S)Nc1ccccc1F. The molecule has 5 heteroatoms. The van der Waals surface area contributed by atoms with Gasteiger partial charge in [0.1, 0.15) is 5.82 Å². The Morgan fingerprint density at radius 2 is 1.94 bits per heavy atom. The second kappa shape index (κ2) is 5.91. The summed E-state index contributed by atoms with van der Waals surface area (Å²) < 4.78 is 13.3. The topological polar surface area (TPSA) is 41.1 Å². The molecule has 0 unspecified atom stereocenters. The van der Waals surface area contributed by atoms with Gasteiger partial charge in [0, 0.05) is 6.42 Å². The molecular formula is C13H17FN2OS. The Labute approximate surface area is 112 Å². The largest absolute Gasteiger partial charge is 0.330 e. The Balaban J connectivity index is 2.53. The van der Waals surface area contributed by atoms with E-state index in [1.165, 1.54) is 6.07 Å². The molecule has 0 saturated carbocycles. The van der Waals surface area contributed by atoms with Crippen LogP contribution >= 0.6 is 12.2 Å². The maximum absolute atomic E-state index is 13.3. The molecule has 1 aromatic carbocycles. The van der Waals surface area contributed by atoms with Gasteiger partial charge in [0.2, 0.25) is 5.91 Å². The third kappa shape index (κ3) is 5.23. The molecule has 3 nitrogen and oxygen atoms in total. The van der Waals surface area contributed by atoms with Gasteiger partial charge < -0.3 is 10.6 Å². The molecule has 1 amide bonds. The number of nitrogens with one attached hydrogen (secondary N) is 2. The Kier molecular flexibility index (Phi) is 4.78. The molecule has 2 N–H and O–H groups in total. The highest BCUT2D eigenvalue weighted by molar-refractivity contribution is 7.80. The Morgan fingerprint density at radius 1 is 1.33 bits per heavy atom. The lowest BCUT2D eigenvalue weighted by molar-refractivity contribution is -0.121. The van der Waals surface area contributed by atoms with Crippen molar-refractivity contribution >= 4 is 28.9 Å². The minimum atomic E-state index is -0.412. The smallest absolute Gasteiger partial charge is 0.226 e. The molecule has 0 bridgehead atoms. The molecule has 98 valence electrons. The van der Waals surface area contributed by atoms with Crippen molar-refractivity contribution in [2.75, 3.05) is 5.32 Å². The van der Waals surface area contributed by atoms with Crippen LogP contribution in [-0.4, -0.2) is 11.0 Å². The minimum Gasteiger partial charge on any atom is -0.330 e. The summed E-state index contributed by atoms with van der Waals surface area (Å²) in [5.74, 6) is -0.596. The first kappa shape index (κ1) is 14.6. The summed E-state index contributed by atoms with van der Waals surface area (Å²) in [4.78, 5) is 11.6. The minimum absolute atomic E-state index is 0.106. The fourth-order valence-corrected chi connectivity index (χ4v) is 1.59. The lowest BCUT2D eigenvalue weighted by Gasteiger charge is -2.17. The van der Waals surface area contributed by atoms with Crippen molar-refractivity contribution in [2.24, 2.45) is 5.41 Å². The summed E-state index contributed by atoms with van der Waals surface area (Å²) >= 11 is 4.95. The summed E-state index contributed by atoms with van der Waals surface area (Å²) in [6, 6.07) is 6.15. The monoisotopic (exact) mass is 268 g/mol. The zero-order chi connectivity index (χ0) is 13.8. The zero-order valence-corrected chi connectivity index (χ0v) is 11.5. The van der Waals surface area contributed by atoms with Gasteiger partial charge in [0.05, 0.1) is 5.69 Å². The number of hydrogen-bond acceptors (Lipinski definition) is 2. The molecule has 0 aliphatic heterocycles. The maximum atomic E-state index is 13.3. The lowest BCUT2D eigenvalue weighted by atomic mass is 9.92. The summed E-state index contributed by atoms with van der Waals surface area (Å²) in [6.07, 6.45) is 0.353. The first-order valence-corrected chi connectivity index (χ1v) is 6.04. The normalized spacial score (nSPS) is 10.9. The number of thiocarbonyl (C=S) groups is 1. The van der Waals surface area contributed by atoms with Crippen LogP contribution in [0.5, 0.6) is 0 Å². The van der Waals surface area contributed by atoms with Gasteiger partial charge in [0.15, 0.2) is 5.11 Å². The zero-order valence-electron chi connectivity index (χ0n) is 10.7. The van der Waals surface area contributed by atoms with Crippen LogP contribution in [0.4, 0.5) is 10.1 Å². The van der Waals surface area contributed by atoms with Crippen LogP contribution in [0.15, 0.2) is 24.3 Å². The average molecular weight is 268 g/mol. The molecule has 0 aliphatic rings. The number of para-hydroxylation sites is 1. The van der Waals surface area contributed by atoms with Crippen LogP contribution in [0.1, 0.15) is 27.2 Å². The van der Waals surface area contributed by atoms with Crippen molar-refractivity contribution in [1.29, 1.82) is 0 Å². The van der Waals surface area contributed by atoms with Crippen molar-refractivity contribution < 1.29 is 9.18 Å². The maximum Gasteiger partial charge on any atom is 0.226 e. The van der Waals surface area contributed by atoms with E-state index in [0.717, 1.165) is 0 Å². The van der Waals surface area contributed by atoms with Gasteiger partial charge in [-0.05, 0) is 29.8 Å². The van der Waals surface area contributed by atoms with Gasteiger partial charge in [0.25, 0.3) is 0 Å². The summed E-state index contributed by atoms with van der Waals surface area (Å²) in [6.45, 7) is 5.87. The Morgan fingerprint density at radius 3 is 2.50 bits per heavy atom. The average Bonchev–Trinajstić information content (AvgIpc) is 2.18. The van der Waals surface area contributed by atoms with E-state index < -0.39 is 5.82 Å². The van der Waals surface area contributed by atoms with Crippen LogP contribution in [0, 0.1) is 11.2 Å². The van der Waals surface area contributed by atoms with E-state index in [0.29, 0.717) is 6.42 Å². The summed E-state index contributed by atoms with van der Waals surface area (Å²) in [5, 5.41) is 5.28. The predicted octanol–water partition coefficient (Wildman–Crippen LogP) is 3.07. The van der Waals surface area contributed by atoms with Crippen LogP contribution in [0.2, 0.25) is 0 Å². The number of carbonyl (C=O) groups is 1. The van der Waals surface area contributed by atoms with Gasteiger partial charge in [-0.3, -0.25) is 4.79 Å². The number of anilines is 1. The van der Waals surface area contributed by atoms with Crippen LogP contribution in [-0.2, 0) is 4.79 Å². The Bertz CT molecular complexity index is 455. The molecule has 0 atom stereocenters. The Hall–Kier alpha value is -1.49. The van der Waals surface area contributed by atoms with E-state index in [1.54, 1.807) is 18.2 Å². The molecule has 0 saturated heterocycles. The number of amides is 1. The molecule has 0 radical (unpaired) electrons. The van der Waals surface area contributed by atoms with Gasteiger partial charge in [-0.1, -0.05) is 32.9 Å². The number of halogens is 1. The van der Waals surface area contributed by atoms with Gasteiger partial charge in [-0.25, -0.2) is 4.39 Å². The predicted molar refractivity (Wildman–Crippen MR) is 74.8 cm³/mol. The van der Waals surface area contributed by atoms with Crippen molar-refractivity contribution in [3.63, 3.8) is 0 Å².